The van der Waals surface area contributed by atoms with Crippen molar-refractivity contribution >= 4 is 17.5 Å². The minimum atomic E-state index is -5.00. The highest BCUT2D eigenvalue weighted by Gasteiger charge is 2.37. The minimum Gasteiger partial charge on any atom is -0.354 e. The molecule has 2 heterocycles. The number of likely N-dealkylation sites (tertiary alicyclic amines) is 1. The summed E-state index contributed by atoms with van der Waals surface area (Å²) in [6, 6.07) is 10.6. The lowest BCUT2D eigenvalue weighted by molar-refractivity contribution is -0.143. The molecule has 2 aromatic carbocycles. The van der Waals surface area contributed by atoms with E-state index in [-0.39, 0.29) is 42.6 Å². The van der Waals surface area contributed by atoms with Gasteiger partial charge in [-0.3, -0.25) is 14.5 Å². The monoisotopic (exact) mass is 691 g/mol. The van der Waals surface area contributed by atoms with Crippen molar-refractivity contribution in [1.29, 1.82) is 0 Å². The second kappa shape index (κ2) is 15.8. The Morgan fingerprint density at radius 2 is 1.49 bits per heavy atom. The standard InChI is InChI=1S/C36H43F6N5O2/c37-35(38,39)29-19-27(20-30(22-29)36(40,41)42)24-47-25-46(32-9-2-1-3-10-32)16-6-15-45(14-5-11-33(47)48)34(49)28-12-17-44(18-13-28)23-26-7-4-8-31(43)21-26/h1-4,7,9-10,19-22,28,31H,5-6,8,11-18,23-25,43H2. The zero-order valence-corrected chi connectivity index (χ0v) is 27.4. The quantitative estimate of drug-likeness (QED) is 0.353. The van der Waals surface area contributed by atoms with Crippen molar-refractivity contribution in [1.82, 2.24) is 14.7 Å². The van der Waals surface area contributed by atoms with Crippen LogP contribution in [0.5, 0.6) is 0 Å². The van der Waals surface area contributed by atoms with Crippen LogP contribution in [0.25, 0.3) is 0 Å². The van der Waals surface area contributed by atoms with Crippen LogP contribution in [0.1, 0.15) is 55.2 Å². The van der Waals surface area contributed by atoms with Gasteiger partial charge in [0.25, 0.3) is 0 Å². The van der Waals surface area contributed by atoms with Crippen molar-refractivity contribution in [3.63, 3.8) is 0 Å². The maximum atomic E-state index is 13.8. The van der Waals surface area contributed by atoms with E-state index in [1.165, 1.54) is 10.5 Å². The van der Waals surface area contributed by atoms with Gasteiger partial charge in [-0.1, -0.05) is 36.4 Å². The van der Waals surface area contributed by atoms with Gasteiger partial charge in [-0.2, -0.15) is 26.3 Å². The molecule has 3 aliphatic rings. The fourth-order valence-corrected chi connectivity index (χ4v) is 6.77. The molecule has 5 rings (SSSR count). The van der Waals surface area contributed by atoms with Gasteiger partial charge in [0, 0.05) is 56.8 Å². The summed E-state index contributed by atoms with van der Waals surface area (Å²) in [6.07, 6.45) is -0.565. The Kier molecular flexibility index (Phi) is 11.7. The largest absolute Gasteiger partial charge is 0.416 e. The first-order valence-corrected chi connectivity index (χ1v) is 16.8. The molecule has 7 nitrogen and oxygen atoms in total. The predicted octanol–water partition coefficient (Wildman–Crippen LogP) is 6.46. The lowest BCUT2D eigenvalue weighted by atomic mass is 9.94. The number of alkyl halides is 6. The Hall–Kier alpha value is -3.84. The van der Waals surface area contributed by atoms with Crippen LogP contribution in [0.3, 0.4) is 0 Å². The molecule has 1 aliphatic carbocycles. The highest BCUT2D eigenvalue weighted by Crippen LogP contribution is 2.37. The Morgan fingerprint density at radius 3 is 2.12 bits per heavy atom. The summed E-state index contributed by atoms with van der Waals surface area (Å²) in [7, 11) is 0. The fraction of sp³-hybridized carbons (Fsp3) is 0.500. The lowest BCUT2D eigenvalue weighted by Crippen LogP contribution is -2.44. The molecule has 2 aromatic rings. The Morgan fingerprint density at radius 1 is 0.837 bits per heavy atom. The van der Waals surface area contributed by atoms with E-state index in [1.807, 2.05) is 40.1 Å². The Labute approximate surface area is 283 Å². The molecular formula is C36H43F6N5O2. The van der Waals surface area contributed by atoms with Gasteiger partial charge in [0.2, 0.25) is 11.8 Å². The Bertz CT molecular complexity index is 1470. The molecule has 0 bridgehead atoms. The van der Waals surface area contributed by atoms with Gasteiger partial charge in [-0.15, -0.1) is 0 Å². The third-order valence-corrected chi connectivity index (χ3v) is 9.33. The molecule has 2 N–H and O–H groups in total. The first-order valence-electron chi connectivity index (χ1n) is 16.8. The van der Waals surface area contributed by atoms with Crippen molar-refractivity contribution in [3.8, 4) is 0 Å². The summed E-state index contributed by atoms with van der Waals surface area (Å²) >= 11 is 0. The van der Waals surface area contributed by atoms with Crippen LogP contribution in [-0.4, -0.2) is 78.5 Å². The van der Waals surface area contributed by atoms with E-state index in [2.05, 4.69) is 23.1 Å². The number of halogens is 6. The smallest absolute Gasteiger partial charge is 0.354 e. The van der Waals surface area contributed by atoms with Crippen molar-refractivity contribution in [2.45, 2.75) is 63.5 Å². The number of nitrogens with zero attached hydrogens (tertiary/aromatic N) is 4. The third kappa shape index (κ3) is 10.1. The maximum absolute atomic E-state index is 13.8. The second-order valence-corrected chi connectivity index (χ2v) is 13.1. The van der Waals surface area contributed by atoms with Crippen LogP contribution < -0.4 is 10.6 Å². The van der Waals surface area contributed by atoms with Crippen molar-refractivity contribution in [2.75, 3.05) is 50.8 Å². The fourth-order valence-electron chi connectivity index (χ4n) is 6.77. The number of amides is 2. The number of nitrogens with two attached hydrogens (primary N) is 1. The third-order valence-electron chi connectivity index (χ3n) is 9.33. The number of carbonyl (C=O) groups excluding carboxylic acids is 2. The summed E-state index contributed by atoms with van der Waals surface area (Å²) in [5.74, 6) is -0.502. The van der Waals surface area contributed by atoms with E-state index in [0.29, 0.717) is 44.6 Å². The van der Waals surface area contributed by atoms with Gasteiger partial charge >= 0.3 is 12.4 Å². The molecular weight excluding hydrogens is 648 g/mol. The summed E-state index contributed by atoms with van der Waals surface area (Å²) in [4.78, 5) is 34.7. The second-order valence-electron chi connectivity index (χ2n) is 13.1. The zero-order chi connectivity index (χ0) is 35.2. The number of rotatable bonds is 6. The Balaban J connectivity index is 1.30. The van der Waals surface area contributed by atoms with E-state index in [9.17, 15) is 35.9 Å². The molecule has 2 aliphatic heterocycles. The molecule has 0 radical (unpaired) electrons. The van der Waals surface area contributed by atoms with Gasteiger partial charge in [0.05, 0.1) is 17.8 Å². The van der Waals surface area contributed by atoms with E-state index in [1.54, 1.807) is 0 Å². The number of benzene rings is 2. The summed E-state index contributed by atoms with van der Waals surface area (Å²) in [6.45, 7) is 3.10. The number of para-hydroxylation sites is 1. The summed E-state index contributed by atoms with van der Waals surface area (Å²) < 4.78 is 81.6. The maximum Gasteiger partial charge on any atom is 0.416 e. The molecule has 2 amide bonds. The van der Waals surface area contributed by atoms with Gasteiger partial charge in [-0.25, -0.2) is 0 Å². The molecule has 2 fully saturated rings. The first-order chi connectivity index (χ1) is 23.3. The highest BCUT2D eigenvalue weighted by molar-refractivity contribution is 5.79. The van der Waals surface area contributed by atoms with Crippen molar-refractivity contribution in [3.05, 3.63) is 89.0 Å². The SMILES string of the molecule is NC1C=C(CN2CCC(C(=O)N3CCCC(=O)N(Cc4cc(C(F)(F)F)cc(C(F)(F)F)c4)CN(c4ccccc4)CCC3)CC2)C=CC1. The molecule has 266 valence electrons. The van der Waals surface area contributed by atoms with Crippen molar-refractivity contribution < 1.29 is 35.9 Å². The van der Waals surface area contributed by atoms with Crippen LogP contribution in [-0.2, 0) is 28.5 Å². The van der Waals surface area contributed by atoms with Gasteiger partial charge in [0.1, 0.15) is 0 Å². The predicted molar refractivity (Wildman–Crippen MR) is 175 cm³/mol. The summed E-state index contributed by atoms with van der Waals surface area (Å²) in [5.41, 5.74) is 4.89. The normalized spacial score (nSPS) is 21.0. The van der Waals surface area contributed by atoms with Crippen LogP contribution in [0.2, 0.25) is 0 Å². The average Bonchev–Trinajstić information content (AvgIpc) is 3.09. The van der Waals surface area contributed by atoms with Crippen molar-refractivity contribution in [2.24, 2.45) is 11.7 Å². The van der Waals surface area contributed by atoms with Gasteiger partial charge in [-0.05, 0) is 86.7 Å². The van der Waals surface area contributed by atoms with Crippen LogP contribution in [0.15, 0.2) is 72.3 Å². The number of anilines is 1. The number of piperidine rings is 1. The number of hydrogen-bond acceptors (Lipinski definition) is 5. The number of carbonyl (C=O) groups is 2. The molecule has 1 unspecified atom stereocenters. The van der Waals surface area contributed by atoms with Crippen LogP contribution >= 0.6 is 0 Å². The molecule has 0 aromatic heterocycles. The van der Waals surface area contributed by atoms with Crippen LogP contribution in [0, 0.1) is 5.92 Å². The van der Waals surface area contributed by atoms with E-state index >= 15 is 0 Å². The average molecular weight is 692 g/mol. The molecule has 49 heavy (non-hydrogen) atoms. The van der Waals surface area contributed by atoms with Gasteiger partial charge < -0.3 is 20.4 Å². The lowest BCUT2D eigenvalue weighted by Gasteiger charge is -2.35. The first kappa shape index (κ1) is 36.4. The van der Waals surface area contributed by atoms with E-state index in [4.69, 9.17) is 5.73 Å². The van der Waals surface area contributed by atoms with E-state index < -0.39 is 35.9 Å². The number of hydrogen-bond donors (Lipinski definition) is 1. The molecule has 0 saturated carbocycles. The van der Waals surface area contributed by atoms with Crippen LogP contribution in [0.4, 0.5) is 32.0 Å². The van der Waals surface area contributed by atoms with E-state index in [0.717, 1.165) is 44.6 Å². The molecule has 13 heteroatoms. The minimum absolute atomic E-state index is 0.0132. The topological polar surface area (TPSA) is 73.1 Å². The highest BCUT2D eigenvalue weighted by atomic mass is 19.4. The molecule has 0 spiro atoms. The molecule has 1 atom stereocenters. The van der Waals surface area contributed by atoms with Gasteiger partial charge in [0.15, 0.2) is 0 Å². The zero-order valence-electron chi connectivity index (χ0n) is 27.4. The summed E-state index contributed by atoms with van der Waals surface area (Å²) in [5, 5.41) is 0. The molecule has 2 saturated heterocycles.